The highest BCUT2D eigenvalue weighted by Crippen LogP contribution is 2.26. The quantitative estimate of drug-likeness (QED) is 0.763. The van der Waals surface area contributed by atoms with Gasteiger partial charge >= 0.3 is 0 Å². The molecule has 0 radical (unpaired) electrons. The van der Waals surface area contributed by atoms with Crippen molar-refractivity contribution in [2.45, 2.75) is 25.8 Å². The first-order valence-electron chi connectivity index (χ1n) is 9.33. The predicted octanol–water partition coefficient (Wildman–Crippen LogP) is 2.80. The van der Waals surface area contributed by atoms with E-state index in [2.05, 4.69) is 22.3 Å². The molecule has 0 bridgehead atoms. The van der Waals surface area contributed by atoms with Crippen LogP contribution < -0.4 is 10.1 Å². The highest BCUT2D eigenvalue weighted by Gasteiger charge is 2.24. The van der Waals surface area contributed by atoms with Crippen molar-refractivity contribution in [1.82, 2.24) is 14.8 Å². The smallest absolute Gasteiger partial charge is 0.267 e. The van der Waals surface area contributed by atoms with E-state index in [4.69, 9.17) is 4.74 Å². The average Bonchev–Trinajstić information content (AvgIpc) is 3.32. The highest BCUT2D eigenvalue weighted by atomic mass is 16.5. The minimum Gasteiger partial charge on any atom is -0.497 e. The van der Waals surface area contributed by atoms with E-state index in [0.29, 0.717) is 17.8 Å². The SMILES string of the molecule is COc1ccc([C@@H](CNC(=O)c2cc(C(C)=O)cn2C)N2CCCC2)cc1. The van der Waals surface area contributed by atoms with Crippen LogP contribution in [0.2, 0.25) is 0 Å². The Kier molecular flexibility index (Phi) is 5.96. The van der Waals surface area contributed by atoms with Gasteiger partial charge in [0.1, 0.15) is 11.4 Å². The number of aromatic nitrogens is 1. The Morgan fingerprint density at radius 2 is 1.85 bits per heavy atom. The van der Waals surface area contributed by atoms with Gasteiger partial charge in [-0.15, -0.1) is 0 Å². The summed E-state index contributed by atoms with van der Waals surface area (Å²) in [5, 5.41) is 3.05. The third-order valence-corrected chi connectivity index (χ3v) is 5.18. The summed E-state index contributed by atoms with van der Waals surface area (Å²) in [6.45, 7) is 4.09. The number of carbonyl (C=O) groups is 2. The molecule has 6 nitrogen and oxygen atoms in total. The Hall–Kier alpha value is -2.60. The Bertz CT molecular complexity index is 805. The Morgan fingerprint density at radius 1 is 1.19 bits per heavy atom. The first-order chi connectivity index (χ1) is 13.0. The summed E-state index contributed by atoms with van der Waals surface area (Å²) in [6.07, 6.45) is 4.05. The van der Waals surface area contributed by atoms with Gasteiger partial charge in [0.2, 0.25) is 0 Å². The van der Waals surface area contributed by atoms with E-state index in [-0.39, 0.29) is 17.7 Å². The van der Waals surface area contributed by atoms with Crippen molar-refractivity contribution in [3.63, 3.8) is 0 Å². The van der Waals surface area contributed by atoms with Crippen molar-refractivity contribution in [3.05, 3.63) is 53.3 Å². The number of ketones is 1. The van der Waals surface area contributed by atoms with Crippen molar-refractivity contribution >= 4 is 11.7 Å². The maximum absolute atomic E-state index is 12.7. The number of methoxy groups -OCH3 is 1. The molecular formula is C21H27N3O3. The third kappa shape index (κ3) is 4.39. The summed E-state index contributed by atoms with van der Waals surface area (Å²) in [5.74, 6) is 0.615. The number of hydrogen-bond donors (Lipinski definition) is 1. The van der Waals surface area contributed by atoms with Gasteiger partial charge in [0.05, 0.1) is 13.2 Å². The maximum Gasteiger partial charge on any atom is 0.267 e. The van der Waals surface area contributed by atoms with E-state index in [1.807, 2.05) is 12.1 Å². The first kappa shape index (κ1) is 19.2. The zero-order valence-corrected chi connectivity index (χ0v) is 16.2. The molecule has 1 aliphatic rings. The Balaban J connectivity index is 1.74. The fourth-order valence-corrected chi connectivity index (χ4v) is 3.60. The topological polar surface area (TPSA) is 63.6 Å². The zero-order valence-electron chi connectivity index (χ0n) is 16.2. The summed E-state index contributed by atoms with van der Waals surface area (Å²) in [6, 6.07) is 9.80. The molecule has 1 aromatic carbocycles. The predicted molar refractivity (Wildman–Crippen MR) is 104 cm³/mol. The number of amides is 1. The molecule has 1 fully saturated rings. The molecule has 2 aromatic rings. The second kappa shape index (κ2) is 8.39. The molecule has 0 saturated carbocycles. The first-order valence-corrected chi connectivity index (χ1v) is 9.33. The van der Waals surface area contributed by atoms with E-state index < -0.39 is 0 Å². The summed E-state index contributed by atoms with van der Waals surface area (Å²) in [4.78, 5) is 26.6. The average molecular weight is 369 g/mol. The van der Waals surface area contributed by atoms with Crippen LogP contribution in [-0.2, 0) is 7.05 Å². The van der Waals surface area contributed by atoms with Crippen LogP contribution in [0.4, 0.5) is 0 Å². The Labute approximate surface area is 160 Å². The lowest BCUT2D eigenvalue weighted by atomic mass is 10.1. The van der Waals surface area contributed by atoms with Crippen molar-refractivity contribution in [2.75, 3.05) is 26.7 Å². The van der Waals surface area contributed by atoms with Crippen LogP contribution in [0, 0.1) is 0 Å². The fourth-order valence-electron chi connectivity index (χ4n) is 3.60. The van der Waals surface area contributed by atoms with Gasteiger partial charge in [-0.25, -0.2) is 0 Å². The Morgan fingerprint density at radius 3 is 2.41 bits per heavy atom. The number of rotatable bonds is 7. The van der Waals surface area contributed by atoms with Gasteiger partial charge < -0.3 is 14.6 Å². The minimum atomic E-state index is -0.164. The van der Waals surface area contributed by atoms with Crippen molar-refractivity contribution in [1.29, 1.82) is 0 Å². The van der Waals surface area contributed by atoms with E-state index in [1.54, 1.807) is 31.0 Å². The molecule has 1 saturated heterocycles. The van der Waals surface area contributed by atoms with E-state index in [9.17, 15) is 9.59 Å². The zero-order chi connectivity index (χ0) is 19.4. The van der Waals surface area contributed by atoms with Crippen molar-refractivity contribution < 1.29 is 14.3 Å². The number of Topliss-reactive ketones (excluding diaryl/α,β-unsaturated/α-hetero) is 1. The molecule has 1 aromatic heterocycles. The standard InChI is InChI=1S/C21H27N3O3/c1-15(25)17-12-19(23(2)14-17)21(26)22-13-20(24-10-4-5-11-24)16-6-8-18(27-3)9-7-16/h6-9,12,14,20H,4-5,10-11,13H2,1-3H3,(H,22,26)/t20-/m1/s1. The third-order valence-electron chi connectivity index (χ3n) is 5.18. The molecule has 1 atom stereocenters. The highest BCUT2D eigenvalue weighted by molar-refractivity contribution is 5.99. The maximum atomic E-state index is 12.7. The number of carbonyl (C=O) groups excluding carboxylic acids is 2. The number of ether oxygens (including phenoxy) is 1. The van der Waals surface area contributed by atoms with Gasteiger partial charge in [0.25, 0.3) is 5.91 Å². The van der Waals surface area contributed by atoms with Gasteiger partial charge in [-0.3, -0.25) is 14.5 Å². The van der Waals surface area contributed by atoms with Gasteiger partial charge in [-0.1, -0.05) is 12.1 Å². The largest absolute Gasteiger partial charge is 0.497 e. The van der Waals surface area contributed by atoms with Crippen molar-refractivity contribution in [3.8, 4) is 5.75 Å². The second-order valence-electron chi connectivity index (χ2n) is 7.02. The molecule has 1 aliphatic heterocycles. The molecule has 2 heterocycles. The van der Waals surface area contributed by atoms with E-state index in [0.717, 1.165) is 24.4 Å². The van der Waals surface area contributed by atoms with Gasteiger partial charge in [0.15, 0.2) is 5.78 Å². The van der Waals surface area contributed by atoms with Crippen LogP contribution in [0.15, 0.2) is 36.5 Å². The van der Waals surface area contributed by atoms with Crippen LogP contribution in [0.3, 0.4) is 0 Å². The fraction of sp³-hybridized carbons (Fsp3) is 0.429. The number of benzene rings is 1. The molecule has 1 N–H and O–H groups in total. The van der Waals surface area contributed by atoms with Crippen LogP contribution in [0.5, 0.6) is 5.75 Å². The van der Waals surface area contributed by atoms with Crippen molar-refractivity contribution in [2.24, 2.45) is 7.05 Å². The van der Waals surface area contributed by atoms with Gasteiger partial charge in [-0.05, 0) is 56.6 Å². The second-order valence-corrected chi connectivity index (χ2v) is 7.02. The minimum absolute atomic E-state index is 0.0437. The number of hydrogen-bond acceptors (Lipinski definition) is 4. The normalized spacial score (nSPS) is 15.5. The van der Waals surface area contributed by atoms with Crippen LogP contribution in [-0.4, -0.2) is 47.9 Å². The number of nitrogens with one attached hydrogen (secondary N) is 1. The summed E-state index contributed by atoms with van der Waals surface area (Å²) < 4.78 is 6.95. The molecule has 6 heteroatoms. The molecule has 0 unspecified atom stereocenters. The molecule has 1 amide bonds. The summed E-state index contributed by atoms with van der Waals surface area (Å²) in [5.41, 5.74) is 2.21. The lowest BCUT2D eigenvalue weighted by molar-refractivity contribution is 0.0929. The monoisotopic (exact) mass is 369 g/mol. The molecule has 0 aliphatic carbocycles. The van der Waals surface area contributed by atoms with Crippen LogP contribution in [0.25, 0.3) is 0 Å². The molecule has 0 spiro atoms. The summed E-state index contributed by atoms with van der Waals surface area (Å²) in [7, 11) is 3.44. The van der Waals surface area contributed by atoms with Gasteiger partial charge in [0, 0.05) is 25.4 Å². The van der Waals surface area contributed by atoms with E-state index in [1.165, 1.54) is 19.8 Å². The number of nitrogens with zero attached hydrogens (tertiary/aromatic N) is 2. The van der Waals surface area contributed by atoms with Gasteiger partial charge in [-0.2, -0.15) is 0 Å². The van der Waals surface area contributed by atoms with Crippen LogP contribution >= 0.6 is 0 Å². The molecule has 27 heavy (non-hydrogen) atoms. The lowest BCUT2D eigenvalue weighted by Crippen LogP contribution is -2.37. The lowest BCUT2D eigenvalue weighted by Gasteiger charge is -2.28. The summed E-state index contributed by atoms with van der Waals surface area (Å²) >= 11 is 0. The molecular weight excluding hydrogens is 342 g/mol. The molecule has 3 rings (SSSR count). The van der Waals surface area contributed by atoms with E-state index >= 15 is 0 Å². The van der Waals surface area contributed by atoms with Crippen LogP contribution in [0.1, 0.15) is 52.2 Å². The molecule has 144 valence electrons. The number of aryl methyl sites for hydroxylation is 1. The number of likely N-dealkylation sites (tertiary alicyclic amines) is 1.